The molecule has 0 fully saturated rings. The zero-order chi connectivity index (χ0) is 12.1. The first-order valence-corrected chi connectivity index (χ1v) is 7.30. The van der Waals surface area contributed by atoms with Gasteiger partial charge in [-0.15, -0.1) is 0 Å². The van der Waals surface area contributed by atoms with Crippen molar-refractivity contribution in [3.63, 3.8) is 0 Å². The molecule has 0 bridgehead atoms. The molecule has 1 heterocycles. The number of nitrogens with zero attached hydrogens (tertiary/aromatic N) is 1. The summed E-state index contributed by atoms with van der Waals surface area (Å²) in [6.45, 7) is 0.537. The van der Waals surface area contributed by atoms with E-state index in [9.17, 15) is 5.26 Å². The van der Waals surface area contributed by atoms with Crippen molar-refractivity contribution in [2.45, 2.75) is 19.3 Å². The van der Waals surface area contributed by atoms with Crippen LogP contribution in [-0.2, 0) is 6.42 Å². The normalized spacial score (nSPS) is 22.4. The van der Waals surface area contributed by atoms with E-state index in [0.717, 1.165) is 30.8 Å². The van der Waals surface area contributed by atoms with Crippen LogP contribution in [0.3, 0.4) is 0 Å². The zero-order valence-electron chi connectivity index (χ0n) is 10.1. The fraction of sp³-hybridized carbons (Fsp3) is 0.500. The van der Waals surface area contributed by atoms with E-state index < -0.39 is 0 Å². The molecule has 0 saturated carbocycles. The summed E-state index contributed by atoms with van der Waals surface area (Å²) in [5.41, 5.74) is 0.855. The number of thioether (sulfide) groups is 1. The molecule has 0 radical (unpaired) electrons. The summed E-state index contributed by atoms with van der Waals surface area (Å²) >= 11 is 1.83. The van der Waals surface area contributed by atoms with Gasteiger partial charge in [0.05, 0.1) is 11.5 Å². The second-order valence-corrected chi connectivity index (χ2v) is 5.55. The van der Waals surface area contributed by atoms with Gasteiger partial charge < -0.3 is 4.74 Å². The van der Waals surface area contributed by atoms with E-state index in [4.69, 9.17) is 4.74 Å². The SMILES string of the molecule is CSCCCC1(C#N)COc2ccccc2C1. The largest absolute Gasteiger partial charge is 0.492 e. The minimum absolute atomic E-state index is 0.315. The Kier molecular flexibility index (Phi) is 3.96. The fourth-order valence-corrected chi connectivity index (χ4v) is 2.70. The van der Waals surface area contributed by atoms with Crippen LogP contribution in [0.25, 0.3) is 0 Å². The maximum atomic E-state index is 9.43. The Balaban J connectivity index is 2.10. The molecule has 0 N–H and O–H groups in total. The van der Waals surface area contributed by atoms with Crippen LogP contribution in [0.5, 0.6) is 5.75 Å². The summed E-state index contributed by atoms with van der Waals surface area (Å²) in [5.74, 6) is 2.06. The molecule has 1 aliphatic rings. The number of fused-ring (bicyclic) bond motifs is 1. The van der Waals surface area contributed by atoms with Crippen LogP contribution in [0.1, 0.15) is 18.4 Å². The highest BCUT2D eigenvalue weighted by Crippen LogP contribution is 2.37. The van der Waals surface area contributed by atoms with Gasteiger partial charge >= 0.3 is 0 Å². The Hall–Kier alpha value is -1.14. The molecule has 1 aromatic rings. The molecule has 3 heteroatoms. The lowest BCUT2D eigenvalue weighted by Crippen LogP contribution is -2.33. The number of hydrogen-bond donors (Lipinski definition) is 0. The van der Waals surface area contributed by atoms with Gasteiger partial charge in [-0.05, 0) is 42.9 Å². The number of rotatable bonds is 4. The van der Waals surface area contributed by atoms with Crippen LogP contribution in [0.2, 0.25) is 0 Å². The first-order chi connectivity index (χ1) is 8.29. The molecule has 2 nitrogen and oxygen atoms in total. The Morgan fingerprint density at radius 2 is 2.29 bits per heavy atom. The Morgan fingerprint density at radius 1 is 1.47 bits per heavy atom. The molecule has 0 aliphatic carbocycles. The molecule has 0 saturated heterocycles. The molecular weight excluding hydrogens is 230 g/mol. The van der Waals surface area contributed by atoms with Crippen molar-refractivity contribution in [1.29, 1.82) is 5.26 Å². The lowest BCUT2D eigenvalue weighted by Gasteiger charge is -2.32. The highest BCUT2D eigenvalue weighted by atomic mass is 32.2. The highest BCUT2D eigenvalue weighted by Gasteiger charge is 2.35. The topological polar surface area (TPSA) is 33.0 Å². The zero-order valence-corrected chi connectivity index (χ0v) is 10.9. The monoisotopic (exact) mass is 247 g/mol. The highest BCUT2D eigenvalue weighted by molar-refractivity contribution is 7.98. The molecular formula is C14H17NOS. The van der Waals surface area contributed by atoms with Gasteiger partial charge in [-0.3, -0.25) is 0 Å². The predicted molar refractivity (Wildman–Crippen MR) is 71.3 cm³/mol. The van der Waals surface area contributed by atoms with Gasteiger partial charge in [0, 0.05) is 0 Å². The molecule has 17 heavy (non-hydrogen) atoms. The Morgan fingerprint density at radius 3 is 3.06 bits per heavy atom. The van der Waals surface area contributed by atoms with Gasteiger partial charge in [0.25, 0.3) is 0 Å². The first-order valence-electron chi connectivity index (χ1n) is 5.90. The number of para-hydroxylation sites is 1. The van der Waals surface area contributed by atoms with E-state index in [1.165, 1.54) is 5.56 Å². The van der Waals surface area contributed by atoms with Gasteiger partial charge in [-0.1, -0.05) is 18.2 Å². The summed E-state index contributed by atoms with van der Waals surface area (Å²) in [4.78, 5) is 0. The van der Waals surface area contributed by atoms with Crippen molar-refractivity contribution < 1.29 is 4.74 Å². The summed E-state index contributed by atoms with van der Waals surface area (Å²) in [6, 6.07) is 10.5. The van der Waals surface area contributed by atoms with Crippen molar-refractivity contribution >= 4 is 11.8 Å². The first kappa shape index (κ1) is 12.3. The van der Waals surface area contributed by atoms with Crippen molar-refractivity contribution in [3.05, 3.63) is 29.8 Å². The molecule has 2 rings (SSSR count). The predicted octanol–water partition coefficient (Wildman–Crippen LogP) is 3.27. The summed E-state index contributed by atoms with van der Waals surface area (Å²) < 4.78 is 5.73. The van der Waals surface area contributed by atoms with Gasteiger partial charge in [-0.2, -0.15) is 17.0 Å². The third kappa shape index (κ3) is 2.76. The van der Waals surface area contributed by atoms with E-state index >= 15 is 0 Å². The molecule has 1 aromatic carbocycles. The molecule has 0 amide bonds. The smallest absolute Gasteiger partial charge is 0.122 e. The minimum Gasteiger partial charge on any atom is -0.492 e. The molecule has 1 atom stereocenters. The molecule has 0 aromatic heterocycles. The van der Waals surface area contributed by atoms with Gasteiger partial charge in [-0.25, -0.2) is 0 Å². The maximum Gasteiger partial charge on any atom is 0.122 e. The standard InChI is InChI=1S/C14H17NOS/c1-17-8-4-7-14(10-15)9-12-5-2-3-6-13(12)16-11-14/h2-3,5-6H,4,7-9,11H2,1H3. The molecule has 0 spiro atoms. The minimum atomic E-state index is -0.315. The fourth-order valence-electron chi connectivity index (χ4n) is 2.27. The average Bonchev–Trinajstić information content (AvgIpc) is 2.39. The lowest BCUT2D eigenvalue weighted by atomic mass is 9.78. The second kappa shape index (κ2) is 5.46. The van der Waals surface area contributed by atoms with Crippen LogP contribution in [0.4, 0.5) is 0 Å². The number of hydrogen-bond acceptors (Lipinski definition) is 3. The van der Waals surface area contributed by atoms with Crippen LogP contribution in [-0.4, -0.2) is 18.6 Å². The van der Waals surface area contributed by atoms with E-state index in [1.54, 1.807) is 0 Å². The van der Waals surface area contributed by atoms with E-state index in [1.807, 2.05) is 30.0 Å². The Bertz CT molecular complexity index is 426. The summed E-state index contributed by atoms with van der Waals surface area (Å²) in [7, 11) is 0. The quantitative estimate of drug-likeness (QED) is 0.766. The molecule has 90 valence electrons. The van der Waals surface area contributed by atoms with Crippen LogP contribution >= 0.6 is 11.8 Å². The van der Waals surface area contributed by atoms with Crippen molar-refractivity contribution in [2.24, 2.45) is 5.41 Å². The van der Waals surface area contributed by atoms with Crippen LogP contribution < -0.4 is 4.74 Å². The number of benzene rings is 1. The van der Waals surface area contributed by atoms with Crippen LogP contribution in [0.15, 0.2) is 24.3 Å². The van der Waals surface area contributed by atoms with Crippen LogP contribution in [0, 0.1) is 16.7 Å². The maximum absolute atomic E-state index is 9.43. The van der Waals surface area contributed by atoms with Crippen molar-refractivity contribution in [2.75, 3.05) is 18.6 Å². The van der Waals surface area contributed by atoms with Crippen molar-refractivity contribution in [3.8, 4) is 11.8 Å². The van der Waals surface area contributed by atoms with Gasteiger partial charge in [0.2, 0.25) is 0 Å². The molecule has 1 unspecified atom stereocenters. The van der Waals surface area contributed by atoms with Gasteiger partial charge in [0.1, 0.15) is 12.4 Å². The van der Waals surface area contributed by atoms with E-state index in [2.05, 4.69) is 18.4 Å². The third-order valence-electron chi connectivity index (χ3n) is 3.25. The number of ether oxygens (including phenoxy) is 1. The number of nitriles is 1. The lowest BCUT2D eigenvalue weighted by molar-refractivity contribution is 0.160. The summed E-state index contributed by atoms with van der Waals surface area (Å²) in [5, 5.41) is 9.43. The van der Waals surface area contributed by atoms with E-state index in [0.29, 0.717) is 6.61 Å². The Labute approximate surface area is 107 Å². The third-order valence-corrected chi connectivity index (χ3v) is 3.94. The second-order valence-electron chi connectivity index (χ2n) is 4.56. The van der Waals surface area contributed by atoms with Crippen molar-refractivity contribution in [1.82, 2.24) is 0 Å². The van der Waals surface area contributed by atoms with E-state index in [-0.39, 0.29) is 5.41 Å². The average molecular weight is 247 g/mol. The summed E-state index contributed by atoms with van der Waals surface area (Å²) in [6.07, 6.45) is 4.94. The molecule has 1 aliphatic heterocycles. The van der Waals surface area contributed by atoms with Gasteiger partial charge in [0.15, 0.2) is 0 Å².